The maximum absolute atomic E-state index is 12.9. The van der Waals surface area contributed by atoms with Gasteiger partial charge < -0.3 is 14.3 Å². The fourth-order valence-electron chi connectivity index (χ4n) is 4.77. The largest absolute Gasteiger partial charge is 0.507 e. The van der Waals surface area contributed by atoms with Crippen molar-refractivity contribution in [2.45, 2.75) is 31.6 Å². The maximum atomic E-state index is 12.9. The Balaban J connectivity index is 1.68. The van der Waals surface area contributed by atoms with Gasteiger partial charge in [0.25, 0.3) is 5.69 Å². The zero-order chi connectivity index (χ0) is 24.0. The van der Waals surface area contributed by atoms with Crippen LogP contribution in [0.1, 0.15) is 40.2 Å². The number of benzene rings is 2. The summed E-state index contributed by atoms with van der Waals surface area (Å²) >= 11 is 0. The molecule has 2 heterocycles. The van der Waals surface area contributed by atoms with Crippen LogP contribution in [0, 0.1) is 17.0 Å². The molecule has 2 unspecified atom stereocenters. The number of aromatic nitrogens is 2. The van der Waals surface area contributed by atoms with Crippen molar-refractivity contribution in [3.8, 4) is 11.6 Å². The molecule has 0 radical (unpaired) electrons. The lowest BCUT2D eigenvalue weighted by Crippen LogP contribution is -2.25. The van der Waals surface area contributed by atoms with Crippen LogP contribution >= 0.6 is 0 Å². The number of phenols is 1. The van der Waals surface area contributed by atoms with E-state index in [1.54, 1.807) is 38.3 Å². The highest BCUT2D eigenvalue weighted by atomic mass is 16.6. The normalized spacial score (nSPS) is 17.4. The first-order valence-electron chi connectivity index (χ1n) is 10.8. The highest BCUT2D eigenvalue weighted by Gasteiger charge is 2.36. The second-order valence-corrected chi connectivity index (χ2v) is 8.34. The predicted molar refractivity (Wildman–Crippen MR) is 123 cm³/mol. The van der Waals surface area contributed by atoms with Crippen molar-refractivity contribution in [3.63, 3.8) is 0 Å². The van der Waals surface area contributed by atoms with Gasteiger partial charge in [-0.2, -0.15) is 4.98 Å². The summed E-state index contributed by atoms with van der Waals surface area (Å²) in [6.07, 6.45) is 0.965. The average Bonchev–Trinajstić information content (AvgIpc) is 2.82. The molecule has 0 saturated heterocycles. The molecule has 2 aromatic carbocycles. The Bertz CT molecular complexity index is 1480. The lowest BCUT2D eigenvalue weighted by atomic mass is 9.73. The molecule has 9 nitrogen and oxygen atoms in total. The summed E-state index contributed by atoms with van der Waals surface area (Å²) in [7, 11) is 1.56. The zero-order valence-corrected chi connectivity index (χ0v) is 18.5. The van der Waals surface area contributed by atoms with E-state index in [0.717, 1.165) is 16.8 Å². The number of nitro benzene ring substituents is 1. The van der Waals surface area contributed by atoms with E-state index in [9.17, 15) is 20.0 Å². The predicted octanol–water partition coefficient (Wildman–Crippen LogP) is 4.18. The van der Waals surface area contributed by atoms with Gasteiger partial charge in [0.05, 0.1) is 17.7 Å². The van der Waals surface area contributed by atoms with Crippen LogP contribution in [-0.4, -0.2) is 27.1 Å². The van der Waals surface area contributed by atoms with Crippen LogP contribution in [0.15, 0.2) is 57.7 Å². The number of methoxy groups -OCH3 is 1. The molecular weight excluding hydrogens is 438 g/mol. The third kappa shape index (κ3) is 3.64. The van der Waals surface area contributed by atoms with Crippen LogP contribution < -0.4 is 10.2 Å². The lowest BCUT2D eigenvalue weighted by Gasteiger charge is -2.33. The molecule has 0 saturated carbocycles. The molecular formula is C25H21N3O6. The van der Waals surface area contributed by atoms with Gasteiger partial charge in [-0.3, -0.25) is 14.9 Å². The van der Waals surface area contributed by atoms with E-state index >= 15 is 0 Å². The number of hydrogen-bond donors (Lipinski definition) is 1. The molecule has 34 heavy (non-hydrogen) atoms. The summed E-state index contributed by atoms with van der Waals surface area (Å²) in [6.45, 7) is 1.79. The van der Waals surface area contributed by atoms with E-state index < -0.39 is 4.92 Å². The third-order valence-corrected chi connectivity index (χ3v) is 6.33. The minimum Gasteiger partial charge on any atom is -0.507 e. The molecule has 1 aliphatic rings. The molecule has 1 N–H and O–H groups in total. The van der Waals surface area contributed by atoms with Crippen LogP contribution in [0.4, 0.5) is 5.69 Å². The molecule has 5 rings (SSSR count). The first kappa shape index (κ1) is 21.6. The highest BCUT2D eigenvalue weighted by molar-refractivity contribution is 5.82. The van der Waals surface area contributed by atoms with Crippen LogP contribution in [0.5, 0.6) is 11.6 Å². The standard InChI is InChI=1S/C25H21N3O6/c1-13-26-19-11-17(23-12-21(30)24-20(29)4-3-5-22(24)34-23)16(10-18(19)25(27-13)33-2)14-6-8-15(9-7-14)28(31)32/h3-9,12,16-17,29H,10-11H2,1-2H3. The highest BCUT2D eigenvalue weighted by Crippen LogP contribution is 2.45. The molecule has 0 spiro atoms. The summed E-state index contributed by atoms with van der Waals surface area (Å²) in [5, 5.41) is 21.4. The number of phenolic OH excluding ortho intramolecular Hbond substituents is 1. The van der Waals surface area contributed by atoms with E-state index in [1.165, 1.54) is 24.3 Å². The van der Waals surface area contributed by atoms with Gasteiger partial charge in [0.15, 0.2) is 5.43 Å². The summed E-state index contributed by atoms with van der Waals surface area (Å²) in [6, 6.07) is 12.5. The number of non-ortho nitro benzene ring substituents is 1. The molecule has 0 fully saturated rings. The molecule has 0 bridgehead atoms. The van der Waals surface area contributed by atoms with E-state index in [1.807, 2.05) is 0 Å². The molecule has 4 aromatic rings. The summed E-state index contributed by atoms with van der Waals surface area (Å²) in [4.78, 5) is 32.6. The van der Waals surface area contributed by atoms with Crippen molar-refractivity contribution in [3.05, 3.63) is 97.3 Å². The quantitative estimate of drug-likeness (QED) is 0.355. The van der Waals surface area contributed by atoms with Gasteiger partial charge in [0.2, 0.25) is 5.88 Å². The van der Waals surface area contributed by atoms with Crippen LogP contribution in [-0.2, 0) is 12.8 Å². The topological polar surface area (TPSA) is 129 Å². The number of nitro groups is 1. The first-order valence-corrected chi connectivity index (χ1v) is 10.8. The van der Waals surface area contributed by atoms with Gasteiger partial charge >= 0.3 is 0 Å². The molecule has 0 amide bonds. The average molecular weight is 459 g/mol. The van der Waals surface area contributed by atoms with Crippen molar-refractivity contribution in [2.24, 2.45) is 0 Å². The van der Waals surface area contributed by atoms with Gasteiger partial charge in [-0.05, 0) is 37.0 Å². The minimum atomic E-state index is -0.439. The summed E-state index contributed by atoms with van der Waals surface area (Å²) in [5.41, 5.74) is 2.51. The number of nitrogens with zero attached hydrogens (tertiary/aromatic N) is 3. The van der Waals surface area contributed by atoms with E-state index in [2.05, 4.69) is 9.97 Å². The number of aryl methyl sites for hydroxylation is 1. The Morgan fingerprint density at radius 1 is 1.12 bits per heavy atom. The van der Waals surface area contributed by atoms with Gasteiger partial charge in [-0.1, -0.05) is 18.2 Å². The third-order valence-electron chi connectivity index (χ3n) is 6.33. The Labute approximate surface area is 193 Å². The molecule has 172 valence electrons. The van der Waals surface area contributed by atoms with Crippen LogP contribution in [0.2, 0.25) is 0 Å². The van der Waals surface area contributed by atoms with Gasteiger partial charge in [-0.25, -0.2) is 4.98 Å². The number of ether oxygens (including phenoxy) is 1. The Hall–Kier alpha value is -4.27. The smallest absolute Gasteiger partial charge is 0.269 e. The van der Waals surface area contributed by atoms with Crippen molar-refractivity contribution in [2.75, 3.05) is 7.11 Å². The van der Waals surface area contributed by atoms with Crippen LogP contribution in [0.3, 0.4) is 0 Å². The van der Waals surface area contributed by atoms with Gasteiger partial charge in [0.1, 0.15) is 28.3 Å². The monoisotopic (exact) mass is 459 g/mol. The SMILES string of the molecule is COc1nc(C)nc2c1CC(c1ccc([N+](=O)[O-])cc1)C(c1cc(=O)c3c(O)cccc3o1)C2. The number of hydrogen-bond acceptors (Lipinski definition) is 8. The first-order chi connectivity index (χ1) is 16.4. The van der Waals surface area contributed by atoms with Crippen molar-refractivity contribution in [1.82, 2.24) is 9.97 Å². The van der Waals surface area contributed by atoms with Gasteiger partial charge in [0, 0.05) is 36.1 Å². The van der Waals surface area contributed by atoms with Crippen molar-refractivity contribution < 1.29 is 19.2 Å². The number of aromatic hydroxyl groups is 1. The van der Waals surface area contributed by atoms with E-state index in [-0.39, 0.29) is 34.1 Å². The molecule has 9 heteroatoms. The van der Waals surface area contributed by atoms with Crippen LogP contribution in [0.25, 0.3) is 11.0 Å². The molecule has 0 aliphatic heterocycles. The fourth-order valence-corrected chi connectivity index (χ4v) is 4.77. The number of fused-ring (bicyclic) bond motifs is 2. The van der Waals surface area contributed by atoms with E-state index in [0.29, 0.717) is 35.9 Å². The van der Waals surface area contributed by atoms with E-state index in [4.69, 9.17) is 9.15 Å². The second kappa shape index (κ2) is 8.26. The van der Waals surface area contributed by atoms with Gasteiger partial charge in [-0.15, -0.1) is 0 Å². The zero-order valence-electron chi connectivity index (χ0n) is 18.5. The minimum absolute atomic E-state index is 0.000704. The Morgan fingerprint density at radius 3 is 2.59 bits per heavy atom. The fraction of sp³-hybridized carbons (Fsp3) is 0.240. The lowest BCUT2D eigenvalue weighted by molar-refractivity contribution is -0.384. The van der Waals surface area contributed by atoms with Crippen molar-refractivity contribution in [1.29, 1.82) is 0 Å². The summed E-state index contributed by atoms with van der Waals surface area (Å²) < 4.78 is 11.7. The van der Waals surface area contributed by atoms with Crippen molar-refractivity contribution >= 4 is 16.7 Å². The Morgan fingerprint density at radius 2 is 1.88 bits per heavy atom. The maximum Gasteiger partial charge on any atom is 0.269 e. The molecule has 2 aromatic heterocycles. The molecule has 1 aliphatic carbocycles. The second-order valence-electron chi connectivity index (χ2n) is 8.34. The molecule has 2 atom stereocenters. The number of rotatable bonds is 4. The summed E-state index contributed by atoms with van der Waals surface area (Å²) in [5.74, 6) is 0.962. The Kier molecular flexibility index (Phi) is 5.24.